The lowest BCUT2D eigenvalue weighted by Gasteiger charge is -2.43. The Balaban J connectivity index is 1.63. The van der Waals surface area contributed by atoms with Crippen molar-refractivity contribution in [1.29, 1.82) is 0 Å². The van der Waals surface area contributed by atoms with E-state index in [1.54, 1.807) is 18.0 Å². The molecule has 2 aromatic rings. The summed E-state index contributed by atoms with van der Waals surface area (Å²) in [6, 6.07) is 16.0. The van der Waals surface area contributed by atoms with Gasteiger partial charge in [0.25, 0.3) is 0 Å². The van der Waals surface area contributed by atoms with Crippen LogP contribution in [-0.4, -0.2) is 31.0 Å². The summed E-state index contributed by atoms with van der Waals surface area (Å²) in [5.41, 5.74) is 0.221. The lowest BCUT2D eigenvalue weighted by Crippen LogP contribution is -2.50. The predicted molar refractivity (Wildman–Crippen MR) is 91.5 cm³/mol. The van der Waals surface area contributed by atoms with E-state index in [0.717, 1.165) is 30.6 Å². The number of ether oxygens (including phenoxy) is 1. The number of benzene rings is 2. The third kappa shape index (κ3) is 3.28. The Hall–Kier alpha value is -2.36. The van der Waals surface area contributed by atoms with Gasteiger partial charge in [0.05, 0.1) is 12.0 Å². The molecule has 0 saturated heterocycles. The monoisotopic (exact) mass is 327 g/mol. The molecule has 0 bridgehead atoms. The molecule has 1 fully saturated rings. The van der Waals surface area contributed by atoms with Crippen LogP contribution in [0.3, 0.4) is 0 Å². The average Bonchev–Trinajstić information content (AvgIpc) is 2.55. The number of hydrogen-bond acceptors (Lipinski definition) is 2. The van der Waals surface area contributed by atoms with Gasteiger partial charge in [-0.1, -0.05) is 36.8 Å². The number of carbonyl (C=O) groups is 1. The van der Waals surface area contributed by atoms with Crippen LogP contribution in [-0.2, 0) is 10.2 Å². The number of carbonyl (C=O) groups excluding carboxylic acids is 1. The van der Waals surface area contributed by atoms with Gasteiger partial charge in [-0.3, -0.25) is 4.79 Å². The zero-order chi connectivity index (χ0) is 17.0. The number of likely N-dealkylation sites (N-methyl/N-ethyl adjacent to an activating group) is 1. The van der Waals surface area contributed by atoms with E-state index in [2.05, 4.69) is 0 Å². The van der Waals surface area contributed by atoms with Crippen molar-refractivity contribution in [3.8, 4) is 5.75 Å². The van der Waals surface area contributed by atoms with Crippen molar-refractivity contribution < 1.29 is 13.9 Å². The maximum Gasteiger partial charge on any atom is 0.233 e. The van der Waals surface area contributed by atoms with Crippen LogP contribution in [0.25, 0.3) is 0 Å². The molecule has 0 N–H and O–H groups in total. The minimum Gasteiger partial charge on any atom is -0.492 e. The van der Waals surface area contributed by atoms with E-state index in [1.165, 1.54) is 12.1 Å². The highest BCUT2D eigenvalue weighted by Crippen LogP contribution is 2.45. The first kappa shape index (κ1) is 16.5. The molecule has 1 aliphatic rings. The van der Waals surface area contributed by atoms with Crippen LogP contribution >= 0.6 is 0 Å². The number of para-hydroxylation sites is 1. The van der Waals surface area contributed by atoms with Crippen molar-refractivity contribution in [2.45, 2.75) is 24.7 Å². The van der Waals surface area contributed by atoms with Gasteiger partial charge in [-0.25, -0.2) is 4.39 Å². The molecule has 3 nitrogen and oxygen atoms in total. The molecule has 1 aliphatic carbocycles. The maximum atomic E-state index is 13.6. The van der Waals surface area contributed by atoms with Crippen LogP contribution in [0, 0.1) is 5.82 Å². The minimum atomic E-state index is -0.566. The number of rotatable bonds is 6. The summed E-state index contributed by atoms with van der Waals surface area (Å²) in [6.07, 6.45) is 2.55. The Kier molecular flexibility index (Phi) is 4.84. The molecule has 0 unspecified atom stereocenters. The molecule has 0 spiro atoms. The van der Waals surface area contributed by atoms with E-state index in [1.807, 2.05) is 36.4 Å². The van der Waals surface area contributed by atoms with Crippen LogP contribution in [0.5, 0.6) is 5.75 Å². The molecule has 0 aromatic heterocycles. The Morgan fingerprint density at radius 2 is 1.92 bits per heavy atom. The van der Waals surface area contributed by atoms with Crippen molar-refractivity contribution in [3.05, 3.63) is 66.0 Å². The normalized spacial score (nSPS) is 15.4. The standard InChI is InChI=1S/C20H22FNO2/c1-22(13-14-24-18-9-3-2-4-10-18)19(23)20(11-6-12-20)16-7-5-8-17(21)15-16/h2-5,7-10,15H,6,11-14H2,1H3. The molecule has 4 heteroatoms. The average molecular weight is 327 g/mol. The first-order chi connectivity index (χ1) is 11.6. The summed E-state index contributed by atoms with van der Waals surface area (Å²) in [4.78, 5) is 14.7. The molecule has 3 rings (SSSR count). The van der Waals surface area contributed by atoms with Crippen molar-refractivity contribution in [2.24, 2.45) is 0 Å². The van der Waals surface area contributed by atoms with Crippen LogP contribution in [0.15, 0.2) is 54.6 Å². The Morgan fingerprint density at radius 3 is 2.54 bits per heavy atom. The summed E-state index contributed by atoms with van der Waals surface area (Å²) in [6.45, 7) is 0.941. The van der Waals surface area contributed by atoms with Gasteiger partial charge in [-0.15, -0.1) is 0 Å². The first-order valence-electron chi connectivity index (χ1n) is 8.31. The highest BCUT2D eigenvalue weighted by Gasteiger charge is 2.47. The summed E-state index contributed by atoms with van der Waals surface area (Å²) >= 11 is 0. The van der Waals surface area contributed by atoms with Gasteiger partial charge in [0.2, 0.25) is 5.91 Å². The van der Waals surface area contributed by atoms with Gasteiger partial charge in [0.1, 0.15) is 18.2 Å². The molecule has 24 heavy (non-hydrogen) atoms. The SMILES string of the molecule is CN(CCOc1ccccc1)C(=O)C1(c2cccc(F)c2)CCC1. The quantitative estimate of drug-likeness (QED) is 0.808. The molecule has 0 heterocycles. The Morgan fingerprint density at radius 1 is 1.17 bits per heavy atom. The number of halogens is 1. The fourth-order valence-electron chi connectivity index (χ4n) is 3.23. The highest BCUT2D eigenvalue weighted by atomic mass is 19.1. The van der Waals surface area contributed by atoms with Crippen LogP contribution < -0.4 is 4.74 Å². The summed E-state index contributed by atoms with van der Waals surface area (Å²) in [5, 5.41) is 0. The third-order valence-electron chi connectivity index (χ3n) is 4.78. The summed E-state index contributed by atoms with van der Waals surface area (Å²) < 4.78 is 19.2. The number of amides is 1. The fraction of sp³-hybridized carbons (Fsp3) is 0.350. The molecule has 2 aromatic carbocycles. The number of nitrogens with zero attached hydrogens (tertiary/aromatic N) is 1. The maximum absolute atomic E-state index is 13.6. The zero-order valence-electron chi connectivity index (χ0n) is 13.9. The predicted octanol–water partition coefficient (Wildman–Crippen LogP) is 3.78. The fourth-order valence-corrected chi connectivity index (χ4v) is 3.23. The van der Waals surface area contributed by atoms with Gasteiger partial charge in [0.15, 0.2) is 0 Å². The smallest absolute Gasteiger partial charge is 0.233 e. The molecule has 1 amide bonds. The molecule has 0 radical (unpaired) electrons. The van der Waals surface area contributed by atoms with E-state index >= 15 is 0 Å². The van der Waals surface area contributed by atoms with Gasteiger partial charge in [-0.2, -0.15) is 0 Å². The second kappa shape index (κ2) is 7.04. The van der Waals surface area contributed by atoms with E-state index in [-0.39, 0.29) is 11.7 Å². The highest BCUT2D eigenvalue weighted by molar-refractivity contribution is 5.89. The topological polar surface area (TPSA) is 29.5 Å². The lowest BCUT2D eigenvalue weighted by molar-refractivity contribution is -0.139. The van der Waals surface area contributed by atoms with Crippen molar-refractivity contribution in [1.82, 2.24) is 4.90 Å². The van der Waals surface area contributed by atoms with Crippen LogP contribution in [0.2, 0.25) is 0 Å². The summed E-state index contributed by atoms with van der Waals surface area (Å²) in [7, 11) is 1.79. The molecule has 126 valence electrons. The molecule has 0 aliphatic heterocycles. The minimum absolute atomic E-state index is 0.0519. The molecular formula is C20H22FNO2. The van der Waals surface area contributed by atoms with Crippen LogP contribution in [0.1, 0.15) is 24.8 Å². The van der Waals surface area contributed by atoms with E-state index in [0.29, 0.717) is 13.2 Å². The van der Waals surface area contributed by atoms with Gasteiger partial charge >= 0.3 is 0 Å². The second-order valence-electron chi connectivity index (χ2n) is 6.33. The molecular weight excluding hydrogens is 305 g/mol. The van der Waals surface area contributed by atoms with Crippen molar-refractivity contribution in [3.63, 3.8) is 0 Å². The summed E-state index contributed by atoms with van der Waals surface area (Å²) in [5.74, 6) is 0.555. The van der Waals surface area contributed by atoms with E-state index < -0.39 is 5.41 Å². The van der Waals surface area contributed by atoms with Gasteiger partial charge in [0, 0.05) is 7.05 Å². The molecule has 1 saturated carbocycles. The Bertz CT molecular complexity index is 698. The van der Waals surface area contributed by atoms with Crippen LogP contribution in [0.4, 0.5) is 4.39 Å². The zero-order valence-corrected chi connectivity index (χ0v) is 13.9. The number of hydrogen-bond donors (Lipinski definition) is 0. The van der Waals surface area contributed by atoms with Crippen molar-refractivity contribution in [2.75, 3.05) is 20.2 Å². The Labute approximate surface area is 142 Å². The third-order valence-corrected chi connectivity index (χ3v) is 4.78. The van der Waals surface area contributed by atoms with E-state index in [9.17, 15) is 9.18 Å². The van der Waals surface area contributed by atoms with Gasteiger partial charge in [-0.05, 0) is 42.7 Å². The molecule has 0 atom stereocenters. The lowest BCUT2D eigenvalue weighted by atomic mass is 9.63. The van der Waals surface area contributed by atoms with Crippen molar-refractivity contribution >= 4 is 5.91 Å². The van der Waals surface area contributed by atoms with Gasteiger partial charge < -0.3 is 9.64 Å². The second-order valence-corrected chi connectivity index (χ2v) is 6.33. The van der Waals surface area contributed by atoms with E-state index in [4.69, 9.17) is 4.74 Å². The first-order valence-corrected chi connectivity index (χ1v) is 8.31. The largest absolute Gasteiger partial charge is 0.492 e.